The van der Waals surface area contributed by atoms with Crippen LogP contribution in [0, 0.1) is 0 Å². The number of aromatic amines is 1. The molecule has 1 amide bonds. The third-order valence-electron chi connectivity index (χ3n) is 4.14. The van der Waals surface area contributed by atoms with Crippen LogP contribution in [0.5, 0.6) is 0 Å². The van der Waals surface area contributed by atoms with E-state index in [1.54, 1.807) is 36.3 Å². The number of aromatic nitrogens is 1. The quantitative estimate of drug-likeness (QED) is 0.722. The zero-order valence-electron chi connectivity index (χ0n) is 14.4. The number of carbonyl (C=O) groups is 1. The van der Waals surface area contributed by atoms with E-state index in [4.69, 9.17) is 16.3 Å². The van der Waals surface area contributed by atoms with Gasteiger partial charge in [-0.1, -0.05) is 29.8 Å². The van der Waals surface area contributed by atoms with Crippen molar-refractivity contribution in [3.05, 3.63) is 81.1 Å². The Balaban J connectivity index is 1.91. The molecule has 0 spiro atoms. The average molecular weight is 371 g/mol. The number of benzene rings is 2. The highest BCUT2D eigenvalue weighted by atomic mass is 35.5. The highest BCUT2D eigenvalue weighted by Crippen LogP contribution is 2.15. The van der Waals surface area contributed by atoms with Crippen LogP contribution in [-0.4, -0.2) is 36.1 Å². The SMILES string of the molecule is COCCN(Cc1cc2ccccc2[nH]c1=O)C(=O)c1ccc(Cl)cc1. The molecule has 0 aliphatic carbocycles. The lowest BCUT2D eigenvalue weighted by Crippen LogP contribution is -2.35. The maximum absolute atomic E-state index is 12.9. The van der Waals surface area contributed by atoms with Crippen LogP contribution in [0.2, 0.25) is 5.02 Å². The van der Waals surface area contributed by atoms with Crippen molar-refractivity contribution in [1.82, 2.24) is 9.88 Å². The molecule has 6 heteroatoms. The van der Waals surface area contributed by atoms with Crippen LogP contribution in [0.1, 0.15) is 15.9 Å². The van der Waals surface area contributed by atoms with E-state index < -0.39 is 0 Å². The Morgan fingerprint density at radius 2 is 1.88 bits per heavy atom. The first-order valence-electron chi connectivity index (χ1n) is 8.23. The summed E-state index contributed by atoms with van der Waals surface area (Å²) >= 11 is 5.90. The Bertz CT molecular complexity index is 967. The highest BCUT2D eigenvalue weighted by Gasteiger charge is 2.17. The van der Waals surface area contributed by atoms with Crippen LogP contribution in [-0.2, 0) is 11.3 Å². The van der Waals surface area contributed by atoms with E-state index in [1.807, 2.05) is 30.3 Å². The number of carbonyl (C=O) groups excluding carboxylic acids is 1. The third kappa shape index (κ3) is 4.12. The van der Waals surface area contributed by atoms with Gasteiger partial charge in [-0.15, -0.1) is 0 Å². The fourth-order valence-electron chi connectivity index (χ4n) is 2.74. The lowest BCUT2D eigenvalue weighted by atomic mass is 10.1. The molecular weight excluding hydrogens is 352 g/mol. The van der Waals surface area contributed by atoms with Gasteiger partial charge in [-0.05, 0) is 41.8 Å². The number of pyridine rings is 1. The molecule has 1 N–H and O–H groups in total. The minimum absolute atomic E-state index is 0.175. The minimum Gasteiger partial charge on any atom is -0.383 e. The van der Waals surface area contributed by atoms with E-state index in [0.29, 0.717) is 29.3 Å². The molecule has 0 aliphatic heterocycles. The van der Waals surface area contributed by atoms with E-state index in [9.17, 15) is 9.59 Å². The van der Waals surface area contributed by atoms with E-state index >= 15 is 0 Å². The summed E-state index contributed by atoms with van der Waals surface area (Å²) in [4.78, 5) is 29.7. The van der Waals surface area contributed by atoms with Crippen molar-refractivity contribution in [3.63, 3.8) is 0 Å². The summed E-state index contributed by atoms with van der Waals surface area (Å²) < 4.78 is 5.11. The topological polar surface area (TPSA) is 62.4 Å². The summed E-state index contributed by atoms with van der Waals surface area (Å²) in [5.74, 6) is -0.175. The molecule has 1 heterocycles. The van der Waals surface area contributed by atoms with E-state index in [-0.39, 0.29) is 18.0 Å². The zero-order valence-corrected chi connectivity index (χ0v) is 15.1. The molecule has 5 nitrogen and oxygen atoms in total. The van der Waals surface area contributed by atoms with Gasteiger partial charge >= 0.3 is 0 Å². The molecule has 0 aliphatic rings. The van der Waals surface area contributed by atoms with Crippen molar-refractivity contribution >= 4 is 28.4 Å². The van der Waals surface area contributed by atoms with Gasteiger partial charge in [0.25, 0.3) is 11.5 Å². The van der Waals surface area contributed by atoms with Crippen molar-refractivity contribution in [1.29, 1.82) is 0 Å². The first-order chi connectivity index (χ1) is 12.6. The number of nitrogens with zero attached hydrogens (tertiary/aromatic N) is 1. The Morgan fingerprint density at radius 3 is 2.62 bits per heavy atom. The number of halogens is 1. The molecule has 3 aromatic rings. The molecule has 3 rings (SSSR count). The Hall–Kier alpha value is -2.63. The number of nitrogens with one attached hydrogen (secondary N) is 1. The Morgan fingerprint density at radius 1 is 1.15 bits per heavy atom. The van der Waals surface area contributed by atoms with Gasteiger partial charge in [0.15, 0.2) is 0 Å². The molecule has 0 atom stereocenters. The van der Waals surface area contributed by atoms with Gasteiger partial charge in [-0.25, -0.2) is 0 Å². The molecule has 0 unspecified atom stereocenters. The highest BCUT2D eigenvalue weighted by molar-refractivity contribution is 6.30. The summed E-state index contributed by atoms with van der Waals surface area (Å²) in [5, 5.41) is 1.49. The zero-order chi connectivity index (χ0) is 18.5. The fourth-order valence-corrected chi connectivity index (χ4v) is 2.87. The molecule has 0 saturated heterocycles. The molecule has 0 fully saturated rings. The molecular formula is C20H19ClN2O3. The first kappa shape index (κ1) is 18.2. The predicted molar refractivity (Wildman–Crippen MR) is 103 cm³/mol. The second kappa shape index (κ2) is 8.17. The van der Waals surface area contributed by atoms with Gasteiger partial charge in [-0.2, -0.15) is 0 Å². The van der Waals surface area contributed by atoms with Crippen LogP contribution in [0.25, 0.3) is 10.9 Å². The molecule has 26 heavy (non-hydrogen) atoms. The fraction of sp³-hybridized carbons (Fsp3) is 0.200. The third-order valence-corrected chi connectivity index (χ3v) is 4.39. The van der Waals surface area contributed by atoms with Crippen molar-refractivity contribution in [2.75, 3.05) is 20.3 Å². The van der Waals surface area contributed by atoms with Crippen LogP contribution in [0.15, 0.2) is 59.4 Å². The van der Waals surface area contributed by atoms with Gasteiger partial charge in [0.05, 0.1) is 13.2 Å². The van der Waals surface area contributed by atoms with E-state index in [1.165, 1.54) is 0 Å². The average Bonchev–Trinajstić information content (AvgIpc) is 2.65. The number of para-hydroxylation sites is 1. The van der Waals surface area contributed by atoms with Gasteiger partial charge < -0.3 is 14.6 Å². The van der Waals surface area contributed by atoms with Gasteiger partial charge in [-0.3, -0.25) is 9.59 Å². The van der Waals surface area contributed by atoms with Gasteiger partial charge in [0.2, 0.25) is 0 Å². The Kier molecular flexibility index (Phi) is 5.71. The summed E-state index contributed by atoms with van der Waals surface area (Å²) in [6.45, 7) is 0.958. The molecule has 134 valence electrons. The first-order valence-corrected chi connectivity index (χ1v) is 8.61. The number of ether oxygens (including phenoxy) is 1. The van der Waals surface area contributed by atoms with Crippen LogP contribution >= 0.6 is 11.6 Å². The maximum Gasteiger partial charge on any atom is 0.254 e. The second-order valence-electron chi connectivity index (χ2n) is 5.94. The summed E-state index contributed by atoms with van der Waals surface area (Å²) in [5.41, 5.74) is 1.62. The molecule has 1 aromatic heterocycles. The summed E-state index contributed by atoms with van der Waals surface area (Å²) in [6.07, 6.45) is 0. The summed E-state index contributed by atoms with van der Waals surface area (Å²) in [6, 6.07) is 16.1. The lowest BCUT2D eigenvalue weighted by Gasteiger charge is -2.22. The monoisotopic (exact) mass is 370 g/mol. The van der Waals surface area contributed by atoms with Crippen LogP contribution in [0.4, 0.5) is 0 Å². The smallest absolute Gasteiger partial charge is 0.254 e. The van der Waals surface area contributed by atoms with Crippen molar-refractivity contribution in [2.24, 2.45) is 0 Å². The number of rotatable bonds is 6. The van der Waals surface area contributed by atoms with Gasteiger partial charge in [0.1, 0.15) is 0 Å². The lowest BCUT2D eigenvalue weighted by molar-refractivity contribution is 0.0680. The van der Waals surface area contributed by atoms with Crippen LogP contribution in [0.3, 0.4) is 0 Å². The number of methoxy groups -OCH3 is 1. The molecule has 0 radical (unpaired) electrons. The number of fused-ring (bicyclic) bond motifs is 1. The molecule has 0 bridgehead atoms. The number of hydrogen-bond acceptors (Lipinski definition) is 3. The molecule has 0 saturated carbocycles. The van der Waals surface area contributed by atoms with Crippen LogP contribution < -0.4 is 5.56 Å². The van der Waals surface area contributed by atoms with E-state index in [0.717, 1.165) is 10.9 Å². The normalized spacial score (nSPS) is 10.8. The second-order valence-corrected chi connectivity index (χ2v) is 6.37. The Labute approximate surface area is 156 Å². The number of amides is 1. The predicted octanol–water partition coefficient (Wildman–Crippen LogP) is 3.47. The standard InChI is InChI=1S/C20H19ClN2O3/c1-26-11-10-23(20(25)14-6-8-17(21)9-7-14)13-16-12-15-4-2-3-5-18(15)22-19(16)24/h2-9,12H,10-11,13H2,1H3,(H,22,24). The summed E-state index contributed by atoms with van der Waals surface area (Å²) in [7, 11) is 1.58. The number of H-pyrrole nitrogens is 1. The molecule has 2 aromatic carbocycles. The number of hydrogen-bond donors (Lipinski definition) is 1. The van der Waals surface area contributed by atoms with Crippen molar-refractivity contribution in [3.8, 4) is 0 Å². The van der Waals surface area contributed by atoms with Crippen molar-refractivity contribution < 1.29 is 9.53 Å². The largest absolute Gasteiger partial charge is 0.383 e. The van der Waals surface area contributed by atoms with E-state index in [2.05, 4.69) is 4.98 Å². The minimum atomic E-state index is -0.199. The maximum atomic E-state index is 12.9. The van der Waals surface area contributed by atoms with Gasteiger partial charge in [0, 0.05) is 35.3 Å². The van der Waals surface area contributed by atoms with Crippen molar-refractivity contribution in [2.45, 2.75) is 6.54 Å².